The summed E-state index contributed by atoms with van der Waals surface area (Å²) in [6, 6.07) is 2.78. The van der Waals surface area contributed by atoms with Crippen molar-refractivity contribution in [2.75, 3.05) is 13.2 Å². The van der Waals surface area contributed by atoms with Gasteiger partial charge in [0.1, 0.15) is 11.6 Å². The van der Waals surface area contributed by atoms with Crippen LogP contribution in [0.15, 0.2) is 11.6 Å². The van der Waals surface area contributed by atoms with E-state index in [4.69, 9.17) is 25.8 Å². The predicted molar refractivity (Wildman–Crippen MR) is 68.8 cm³/mol. The fraction of sp³-hybridized carbons (Fsp3) is 0.615. The molecule has 0 aromatic heterocycles. The van der Waals surface area contributed by atoms with Crippen LogP contribution < -0.4 is 0 Å². The van der Waals surface area contributed by atoms with Gasteiger partial charge in [-0.3, -0.25) is 0 Å². The Morgan fingerprint density at radius 1 is 0.947 bits per heavy atom. The lowest BCUT2D eigenvalue weighted by molar-refractivity contribution is -0.132. The highest BCUT2D eigenvalue weighted by Gasteiger charge is 2.02. The minimum Gasteiger partial charge on any atom is -0.477 e. The zero-order valence-corrected chi connectivity index (χ0v) is 10.9. The number of hydrogen-bond donors (Lipinski definition) is 3. The Bertz CT molecular complexity index is 332. The number of unbranched alkanes of at least 4 members (excludes halogenated alkanes) is 5. The molecule has 0 aromatic rings. The molecule has 0 fully saturated rings. The molecule has 0 saturated heterocycles. The molecule has 0 aliphatic heterocycles. The van der Waals surface area contributed by atoms with Crippen molar-refractivity contribution in [1.29, 1.82) is 10.5 Å². The highest BCUT2D eigenvalue weighted by Crippen LogP contribution is 2.03. The molecule has 0 atom stereocenters. The number of hydrogen-bond acceptors (Lipinski definition) is 5. The lowest BCUT2D eigenvalue weighted by Gasteiger charge is -1.97. The SMILES string of the molecule is N#CC=C(C#N)C(=O)O.OCCCCCCCCO. The van der Waals surface area contributed by atoms with E-state index in [1.54, 1.807) is 0 Å². The molecular formula is C13H20N2O4. The zero-order chi connectivity index (χ0) is 14.9. The number of nitrogens with zero attached hydrogens (tertiary/aromatic N) is 2. The average molecular weight is 268 g/mol. The van der Waals surface area contributed by atoms with Gasteiger partial charge < -0.3 is 15.3 Å². The second-order valence-electron chi connectivity index (χ2n) is 3.67. The summed E-state index contributed by atoms with van der Waals surface area (Å²) in [5.74, 6) is -1.38. The third kappa shape index (κ3) is 16.1. The van der Waals surface area contributed by atoms with E-state index >= 15 is 0 Å². The van der Waals surface area contributed by atoms with E-state index in [1.165, 1.54) is 25.0 Å². The fourth-order valence-electron chi connectivity index (χ4n) is 1.14. The highest BCUT2D eigenvalue weighted by molar-refractivity contribution is 5.91. The van der Waals surface area contributed by atoms with Gasteiger partial charge in [0.25, 0.3) is 0 Å². The summed E-state index contributed by atoms with van der Waals surface area (Å²) in [5, 5.41) is 40.8. The van der Waals surface area contributed by atoms with Crippen molar-refractivity contribution >= 4 is 5.97 Å². The van der Waals surface area contributed by atoms with Crippen LogP contribution in [-0.4, -0.2) is 34.5 Å². The molecule has 19 heavy (non-hydrogen) atoms. The molecular weight excluding hydrogens is 248 g/mol. The number of rotatable bonds is 8. The molecule has 0 heterocycles. The van der Waals surface area contributed by atoms with Crippen LogP contribution in [0.4, 0.5) is 0 Å². The number of aliphatic carboxylic acids is 1. The molecule has 0 rings (SSSR count). The van der Waals surface area contributed by atoms with E-state index < -0.39 is 11.5 Å². The maximum absolute atomic E-state index is 9.88. The van der Waals surface area contributed by atoms with Crippen LogP contribution in [0, 0.1) is 22.7 Å². The van der Waals surface area contributed by atoms with E-state index in [9.17, 15) is 4.79 Å². The van der Waals surface area contributed by atoms with E-state index in [-0.39, 0.29) is 0 Å². The first kappa shape index (κ1) is 19.4. The van der Waals surface area contributed by atoms with E-state index in [1.807, 2.05) is 0 Å². The van der Waals surface area contributed by atoms with Crippen LogP contribution in [0.5, 0.6) is 0 Å². The number of aliphatic hydroxyl groups is 2. The van der Waals surface area contributed by atoms with E-state index in [0.717, 1.165) is 25.7 Å². The molecule has 0 amide bonds. The van der Waals surface area contributed by atoms with Crippen LogP contribution >= 0.6 is 0 Å². The van der Waals surface area contributed by atoms with Crippen LogP contribution in [0.3, 0.4) is 0 Å². The first-order valence-corrected chi connectivity index (χ1v) is 6.08. The monoisotopic (exact) mass is 268 g/mol. The first-order chi connectivity index (χ1) is 9.13. The maximum Gasteiger partial charge on any atom is 0.347 e. The maximum atomic E-state index is 9.88. The van der Waals surface area contributed by atoms with Crippen LogP contribution in [0.1, 0.15) is 38.5 Å². The van der Waals surface area contributed by atoms with Gasteiger partial charge in [-0.1, -0.05) is 25.7 Å². The van der Waals surface area contributed by atoms with Crippen molar-refractivity contribution in [1.82, 2.24) is 0 Å². The lowest BCUT2D eigenvalue weighted by Crippen LogP contribution is -1.96. The summed E-state index contributed by atoms with van der Waals surface area (Å²) in [7, 11) is 0. The highest BCUT2D eigenvalue weighted by atomic mass is 16.4. The molecule has 0 saturated carbocycles. The number of allylic oxidation sites excluding steroid dienone is 1. The smallest absolute Gasteiger partial charge is 0.347 e. The number of carboxylic acids is 1. The van der Waals surface area contributed by atoms with Gasteiger partial charge in [-0.15, -0.1) is 0 Å². The molecule has 6 heteroatoms. The Morgan fingerprint density at radius 3 is 1.58 bits per heavy atom. The zero-order valence-electron chi connectivity index (χ0n) is 10.9. The summed E-state index contributed by atoms with van der Waals surface area (Å²) < 4.78 is 0. The second kappa shape index (κ2) is 16.1. The Balaban J connectivity index is 0. The Hall–Kier alpha value is -1.89. The van der Waals surface area contributed by atoms with Crippen LogP contribution in [0.2, 0.25) is 0 Å². The lowest BCUT2D eigenvalue weighted by atomic mass is 10.1. The molecule has 0 aromatic carbocycles. The molecule has 3 N–H and O–H groups in total. The first-order valence-electron chi connectivity index (χ1n) is 6.08. The van der Waals surface area contributed by atoms with E-state index in [0.29, 0.717) is 19.3 Å². The molecule has 6 nitrogen and oxygen atoms in total. The summed E-state index contributed by atoms with van der Waals surface area (Å²) in [6.45, 7) is 0.639. The average Bonchev–Trinajstić information content (AvgIpc) is 2.40. The van der Waals surface area contributed by atoms with Gasteiger partial charge in [0.05, 0.1) is 6.07 Å². The number of nitriles is 2. The number of carbonyl (C=O) groups is 1. The Morgan fingerprint density at radius 2 is 1.37 bits per heavy atom. The normalized spacial score (nSPS) is 9.79. The summed E-state index contributed by atoms with van der Waals surface area (Å²) in [4.78, 5) is 9.88. The van der Waals surface area contributed by atoms with Crippen LogP contribution in [-0.2, 0) is 4.79 Å². The van der Waals surface area contributed by atoms with Crippen molar-refractivity contribution in [2.45, 2.75) is 38.5 Å². The minimum absolute atomic E-state index is 0.319. The fourth-order valence-corrected chi connectivity index (χ4v) is 1.14. The van der Waals surface area contributed by atoms with Crippen molar-refractivity contribution in [3.05, 3.63) is 11.6 Å². The second-order valence-corrected chi connectivity index (χ2v) is 3.67. The Labute approximate surface area is 113 Å². The molecule has 0 spiro atoms. The summed E-state index contributed by atoms with van der Waals surface area (Å²) in [6.07, 6.45) is 7.19. The van der Waals surface area contributed by atoms with Crippen molar-refractivity contribution in [2.24, 2.45) is 0 Å². The van der Waals surface area contributed by atoms with Gasteiger partial charge >= 0.3 is 5.97 Å². The van der Waals surface area contributed by atoms with Gasteiger partial charge in [-0.25, -0.2) is 4.79 Å². The summed E-state index contributed by atoms with van der Waals surface area (Å²) >= 11 is 0. The van der Waals surface area contributed by atoms with E-state index in [2.05, 4.69) is 0 Å². The van der Waals surface area contributed by atoms with Crippen LogP contribution in [0.25, 0.3) is 0 Å². The van der Waals surface area contributed by atoms with Crippen molar-refractivity contribution in [3.63, 3.8) is 0 Å². The largest absolute Gasteiger partial charge is 0.477 e. The molecule has 0 aliphatic rings. The predicted octanol–water partition coefficient (Wildman–Crippen LogP) is 1.36. The Kier molecular flexibility index (Phi) is 16.5. The molecule has 106 valence electrons. The third-order valence-electron chi connectivity index (χ3n) is 2.13. The molecule has 0 unspecified atom stereocenters. The van der Waals surface area contributed by atoms with Gasteiger partial charge in [0.2, 0.25) is 0 Å². The number of carboxylic acid groups (broad SMARTS) is 1. The third-order valence-corrected chi connectivity index (χ3v) is 2.13. The van der Waals surface area contributed by atoms with Gasteiger partial charge in [0.15, 0.2) is 0 Å². The van der Waals surface area contributed by atoms with Gasteiger partial charge in [0, 0.05) is 19.3 Å². The molecule has 0 radical (unpaired) electrons. The van der Waals surface area contributed by atoms with Gasteiger partial charge in [-0.05, 0) is 12.8 Å². The summed E-state index contributed by atoms with van der Waals surface area (Å²) in [5.41, 5.74) is -0.544. The minimum atomic E-state index is -1.38. The number of aliphatic hydroxyl groups excluding tert-OH is 2. The van der Waals surface area contributed by atoms with Crippen molar-refractivity contribution in [3.8, 4) is 12.1 Å². The quantitative estimate of drug-likeness (QED) is 0.346. The van der Waals surface area contributed by atoms with Crippen molar-refractivity contribution < 1.29 is 20.1 Å². The standard InChI is InChI=1S/C8H18O2.C5H2N2O2/c9-7-5-3-1-2-4-6-8-10;6-2-1-4(3-7)5(8)9/h9-10H,1-8H2;1H,(H,8,9). The topological polar surface area (TPSA) is 125 Å². The van der Waals surface area contributed by atoms with Gasteiger partial charge in [-0.2, -0.15) is 10.5 Å². The molecule has 0 aliphatic carbocycles. The molecule has 0 bridgehead atoms.